The molecule has 5 heteroatoms. The number of aromatic nitrogens is 4. The normalized spacial score (nSPS) is 14.3. The van der Waals surface area contributed by atoms with Crippen LogP contribution in [0.5, 0.6) is 0 Å². The van der Waals surface area contributed by atoms with Gasteiger partial charge in [0.2, 0.25) is 0 Å². The summed E-state index contributed by atoms with van der Waals surface area (Å²) in [5, 5.41) is 2.30. The summed E-state index contributed by atoms with van der Waals surface area (Å²) < 4.78 is 109. The first kappa shape index (κ1) is 25.6. The predicted molar refractivity (Wildman–Crippen MR) is 260 cm³/mol. The highest BCUT2D eigenvalue weighted by Crippen LogP contribution is 2.42. The highest BCUT2D eigenvalue weighted by Gasteiger charge is 2.20. The van der Waals surface area contributed by atoms with Crippen molar-refractivity contribution in [1.82, 2.24) is 19.5 Å². The molecule has 0 atom stereocenters. The fourth-order valence-corrected chi connectivity index (χ4v) is 9.41. The van der Waals surface area contributed by atoms with Gasteiger partial charge in [-0.1, -0.05) is 170 Å². The Morgan fingerprint density at radius 2 is 0.984 bits per heavy atom. The molecule has 3 aromatic heterocycles. The highest BCUT2D eigenvalue weighted by molar-refractivity contribution is 7.26. The largest absolute Gasteiger partial charge is 0.309 e. The molecule has 0 bridgehead atoms. The van der Waals surface area contributed by atoms with E-state index in [1.807, 2.05) is 42.5 Å². The first-order chi connectivity index (χ1) is 35.7. The molecule has 12 rings (SSSR count). The van der Waals surface area contributed by atoms with E-state index in [0.717, 1.165) is 42.4 Å². The first-order valence-electron chi connectivity index (χ1n) is 25.9. The molecule has 0 fully saturated rings. The van der Waals surface area contributed by atoms with Gasteiger partial charge in [-0.3, -0.25) is 0 Å². The van der Waals surface area contributed by atoms with Crippen LogP contribution in [-0.4, -0.2) is 19.5 Å². The number of hydrogen-bond acceptors (Lipinski definition) is 4. The van der Waals surface area contributed by atoms with Crippen LogP contribution in [-0.2, 0) is 0 Å². The van der Waals surface area contributed by atoms with Crippen molar-refractivity contribution >= 4 is 53.3 Å². The standard InChI is InChI=1S/C57H36N4S/c1-3-16-37(17-4-1)39-20-13-22-42(34-39)55-58-56(60-57(59-55)48-26-9-12-31-52(48)61-50-29-10-7-24-45(50)46-25-8-11-30-51(46)61)43-23-14-21-41(35-43)44-27-15-28-47-49-36-40(38-18-5-2-6-19-38)32-33-53(49)62-54(44)47/h1-36H/i1D,3D,4D,7D,8D,10D,16D,17D,24D,25D,29D,30D. The number of para-hydroxylation sites is 3. The van der Waals surface area contributed by atoms with E-state index >= 15 is 0 Å². The Kier molecular flexibility index (Phi) is 6.16. The molecular formula is C57H36N4S. The summed E-state index contributed by atoms with van der Waals surface area (Å²) in [7, 11) is 0. The van der Waals surface area contributed by atoms with Gasteiger partial charge in [-0.05, 0) is 81.9 Å². The van der Waals surface area contributed by atoms with Crippen molar-refractivity contribution in [3.05, 3.63) is 218 Å². The van der Waals surface area contributed by atoms with E-state index in [2.05, 4.69) is 48.5 Å². The van der Waals surface area contributed by atoms with Crippen LogP contribution in [0.15, 0.2) is 218 Å². The second kappa shape index (κ2) is 14.9. The first-order valence-corrected chi connectivity index (χ1v) is 20.7. The van der Waals surface area contributed by atoms with Crippen LogP contribution in [0.4, 0.5) is 0 Å². The lowest BCUT2D eigenvalue weighted by molar-refractivity contribution is 1.06. The Bertz CT molecular complexity index is 4340. The lowest BCUT2D eigenvalue weighted by atomic mass is 9.99. The minimum Gasteiger partial charge on any atom is -0.309 e. The van der Waals surface area contributed by atoms with Crippen molar-refractivity contribution in [2.45, 2.75) is 0 Å². The van der Waals surface area contributed by atoms with Gasteiger partial charge in [-0.15, -0.1) is 11.3 Å². The minimum absolute atomic E-state index is 0.00278. The Morgan fingerprint density at radius 1 is 0.371 bits per heavy atom. The molecule has 0 amide bonds. The Morgan fingerprint density at radius 3 is 1.82 bits per heavy atom. The molecule has 3 heterocycles. The van der Waals surface area contributed by atoms with E-state index in [-0.39, 0.29) is 75.1 Å². The summed E-state index contributed by atoms with van der Waals surface area (Å²) in [5.74, 6) is 0.548. The zero-order valence-corrected chi connectivity index (χ0v) is 33.4. The minimum atomic E-state index is -0.517. The summed E-state index contributed by atoms with van der Waals surface area (Å²) >= 11 is 1.71. The molecule has 0 N–H and O–H groups in total. The second-order valence-electron chi connectivity index (χ2n) is 14.7. The third-order valence-electron chi connectivity index (χ3n) is 11.0. The van der Waals surface area contributed by atoms with Crippen LogP contribution >= 0.6 is 11.3 Å². The smallest absolute Gasteiger partial charge is 0.166 e. The predicted octanol–water partition coefficient (Wildman–Crippen LogP) is 15.3. The lowest BCUT2D eigenvalue weighted by Gasteiger charge is -2.15. The van der Waals surface area contributed by atoms with Crippen molar-refractivity contribution in [1.29, 1.82) is 0 Å². The average Bonchev–Trinajstić information content (AvgIpc) is 4.00. The second-order valence-corrected chi connectivity index (χ2v) is 15.7. The quantitative estimate of drug-likeness (QED) is 0.161. The summed E-state index contributed by atoms with van der Waals surface area (Å²) in [6, 6.07) is 41.1. The number of fused-ring (bicyclic) bond motifs is 6. The maximum Gasteiger partial charge on any atom is 0.166 e. The molecule has 0 aliphatic carbocycles. The van der Waals surface area contributed by atoms with Crippen molar-refractivity contribution in [3.63, 3.8) is 0 Å². The Labute approximate surface area is 379 Å². The molecule has 0 radical (unpaired) electrons. The molecule has 4 nitrogen and oxygen atoms in total. The van der Waals surface area contributed by atoms with Gasteiger partial charge < -0.3 is 4.57 Å². The number of hydrogen-bond donors (Lipinski definition) is 0. The molecule has 290 valence electrons. The third kappa shape index (κ3) is 6.18. The van der Waals surface area contributed by atoms with Gasteiger partial charge in [-0.25, -0.2) is 15.0 Å². The van der Waals surface area contributed by atoms with Crippen molar-refractivity contribution in [2.24, 2.45) is 0 Å². The van der Waals surface area contributed by atoms with Crippen LogP contribution < -0.4 is 0 Å². The van der Waals surface area contributed by atoms with Gasteiger partial charge in [0.1, 0.15) is 0 Å². The Hall–Kier alpha value is -7.99. The van der Waals surface area contributed by atoms with Gasteiger partial charge in [0.05, 0.1) is 33.2 Å². The molecule has 62 heavy (non-hydrogen) atoms. The van der Waals surface area contributed by atoms with Crippen LogP contribution in [0.3, 0.4) is 0 Å². The van der Waals surface area contributed by atoms with Crippen molar-refractivity contribution in [3.8, 4) is 73.2 Å². The van der Waals surface area contributed by atoms with Gasteiger partial charge >= 0.3 is 0 Å². The molecule has 0 unspecified atom stereocenters. The van der Waals surface area contributed by atoms with Crippen LogP contribution in [0.25, 0.3) is 115 Å². The maximum atomic E-state index is 9.21. The number of benzene rings is 9. The monoisotopic (exact) mass is 820 g/mol. The SMILES string of the molecule is [2H]c1cc([2H])c2c(c1[2H])c1c([2H])c([2H])c([2H])c([2H])c1n2-c1ccccc1-c1nc(-c2cccc(-c3c([2H])c([2H])c([2H])c([2H])c3[2H])c2)nc(-c2cccc(-c3cccc4c3sc3ccc(-c5ccccc5)cc34)c2)n1. The topological polar surface area (TPSA) is 43.6 Å². The Balaban J connectivity index is 1.09. The molecule has 0 spiro atoms. The third-order valence-corrected chi connectivity index (χ3v) is 12.3. The van der Waals surface area contributed by atoms with E-state index in [4.69, 9.17) is 28.7 Å². The zero-order chi connectivity index (χ0) is 51.4. The van der Waals surface area contributed by atoms with Gasteiger partial charge in [-0.2, -0.15) is 0 Å². The summed E-state index contributed by atoms with van der Waals surface area (Å²) in [6.45, 7) is 0. The van der Waals surface area contributed by atoms with Crippen LogP contribution in [0.2, 0.25) is 0 Å². The number of rotatable bonds is 7. The van der Waals surface area contributed by atoms with E-state index in [1.54, 1.807) is 59.9 Å². The summed E-state index contributed by atoms with van der Waals surface area (Å²) in [6.07, 6.45) is 0. The van der Waals surface area contributed by atoms with Crippen molar-refractivity contribution < 1.29 is 16.4 Å². The number of thiophene rings is 1. The maximum absolute atomic E-state index is 9.21. The fourth-order valence-electron chi connectivity index (χ4n) is 8.19. The van der Waals surface area contributed by atoms with E-state index in [9.17, 15) is 2.74 Å². The van der Waals surface area contributed by atoms with E-state index in [1.165, 1.54) is 10.6 Å². The number of nitrogens with zero attached hydrogens (tertiary/aromatic N) is 4. The molecule has 12 aromatic rings. The fraction of sp³-hybridized carbons (Fsp3) is 0. The molecule has 0 saturated carbocycles. The van der Waals surface area contributed by atoms with Gasteiger partial charge in [0.25, 0.3) is 0 Å². The zero-order valence-electron chi connectivity index (χ0n) is 44.6. The van der Waals surface area contributed by atoms with Crippen molar-refractivity contribution in [2.75, 3.05) is 0 Å². The van der Waals surface area contributed by atoms with E-state index < -0.39 is 42.3 Å². The lowest BCUT2D eigenvalue weighted by Crippen LogP contribution is -2.03. The molecule has 0 aliphatic heterocycles. The van der Waals surface area contributed by atoms with E-state index in [0.29, 0.717) is 27.9 Å². The highest BCUT2D eigenvalue weighted by atomic mass is 32.1. The molecule has 0 saturated heterocycles. The van der Waals surface area contributed by atoms with Gasteiger partial charge in [0.15, 0.2) is 17.5 Å². The summed E-state index contributed by atoms with van der Waals surface area (Å²) in [4.78, 5) is 15.3. The molecular weight excluding hydrogens is 773 g/mol. The average molecular weight is 821 g/mol. The van der Waals surface area contributed by atoms with Crippen LogP contribution in [0, 0.1) is 0 Å². The molecule has 9 aromatic carbocycles. The van der Waals surface area contributed by atoms with Crippen LogP contribution in [0.1, 0.15) is 16.4 Å². The van der Waals surface area contributed by atoms with Gasteiger partial charge in [0, 0.05) is 47.6 Å². The summed E-state index contributed by atoms with van der Waals surface area (Å²) in [5.41, 5.74) is 6.34. The molecule has 0 aliphatic rings.